The highest BCUT2D eigenvalue weighted by Gasteiger charge is 2.71. The van der Waals surface area contributed by atoms with Gasteiger partial charge in [-0.2, -0.15) is 0 Å². The Balaban J connectivity index is 1.67. The number of aliphatic hydroxyl groups is 1. The van der Waals surface area contributed by atoms with Gasteiger partial charge in [0.05, 0.1) is 12.5 Å². The molecule has 0 bridgehead atoms. The highest BCUT2D eigenvalue weighted by Crippen LogP contribution is 2.72. The third-order valence-electron chi connectivity index (χ3n) is 10.1. The van der Waals surface area contributed by atoms with E-state index < -0.39 is 29.0 Å². The molecule has 0 saturated heterocycles. The van der Waals surface area contributed by atoms with Crippen LogP contribution in [0, 0.1) is 33.5 Å². The number of furan rings is 1. The average Bonchev–Trinajstić information content (AvgIpc) is 3.36. The Morgan fingerprint density at radius 1 is 1.21 bits per heavy atom. The van der Waals surface area contributed by atoms with Gasteiger partial charge < -0.3 is 14.3 Å². The lowest BCUT2D eigenvalue weighted by molar-refractivity contribution is -0.228. The lowest BCUT2D eigenvalue weighted by atomic mass is 9.38. The Hall–Kier alpha value is -2.14. The van der Waals surface area contributed by atoms with Crippen molar-refractivity contribution in [2.24, 2.45) is 33.5 Å². The molecule has 1 heterocycles. The third kappa shape index (κ3) is 2.75. The van der Waals surface area contributed by atoms with Crippen LogP contribution in [0.5, 0.6) is 0 Å². The lowest BCUT2D eigenvalue weighted by Crippen LogP contribution is -2.70. The average molecular weight is 453 g/mol. The topological polar surface area (TPSA) is 76.7 Å². The molecule has 4 aliphatic carbocycles. The molecule has 0 unspecified atom stereocenters. The number of carbonyl (C=O) groups is 2. The van der Waals surface area contributed by atoms with Crippen molar-refractivity contribution in [2.75, 3.05) is 0 Å². The van der Waals surface area contributed by atoms with Crippen LogP contribution in [-0.4, -0.2) is 29.1 Å². The minimum atomic E-state index is -0.892. The number of hydrogen-bond acceptors (Lipinski definition) is 5. The molecule has 4 aliphatic rings. The molecular weight excluding hydrogens is 416 g/mol. The van der Waals surface area contributed by atoms with Crippen LogP contribution in [0.2, 0.25) is 0 Å². The second-order valence-electron chi connectivity index (χ2n) is 12.0. The first kappa shape index (κ1) is 22.6. The summed E-state index contributed by atoms with van der Waals surface area (Å²) in [6.07, 6.45) is 10.9. The highest BCUT2D eigenvalue weighted by atomic mass is 16.6. The van der Waals surface area contributed by atoms with E-state index in [2.05, 4.69) is 39.0 Å². The van der Waals surface area contributed by atoms with Gasteiger partial charge in [-0.05, 0) is 59.6 Å². The zero-order valence-electron chi connectivity index (χ0n) is 20.6. The molecule has 0 aliphatic heterocycles. The number of aliphatic hydroxyl groups excluding tert-OH is 1. The van der Waals surface area contributed by atoms with E-state index in [9.17, 15) is 14.7 Å². The third-order valence-corrected chi connectivity index (χ3v) is 10.1. The summed E-state index contributed by atoms with van der Waals surface area (Å²) in [4.78, 5) is 25.2. The van der Waals surface area contributed by atoms with E-state index in [0.29, 0.717) is 5.92 Å². The summed E-state index contributed by atoms with van der Waals surface area (Å²) in [6, 6.07) is 2.05. The predicted molar refractivity (Wildman–Crippen MR) is 124 cm³/mol. The van der Waals surface area contributed by atoms with Crippen molar-refractivity contribution in [1.82, 2.24) is 0 Å². The second kappa shape index (κ2) is 6.94. The van der Waals surface area contributed by atoms with E-state index in [4.69, 9.17) is 9.15 Å². The molecule has 0 spiro atoms. The molecule has 8 atom stereocenters. The largest absolute Gasteiger partial charge is 0.472 e. The van der Waals surface area contributed by atoms with Crippen molar-refractivity contribution >= 4 is 11.8 Å². The van der Waals surface area contributed by atoms with Crippen molar-refractivity contribution in [2.45, 2.75) is 78.9 Å². The fourth-order valence-electron chi connectivity index (χ4n) is 8.74. The minimum Gasteiger partial charge on any atom is -0.472 e. The minimum absolute atomic E-state index is 0.0266. The number of allylic oxidation sites excluding steroid dienone is 3. The Labute approximate surface area is 196 Å². The van der Waals surface area contributed by atoms with Crippen molar-refractivity contribution in [3.8, 4) is 0 Å². The summed E-state index contributed by atoms with van der Waals surface area (Å²) < 4.78 is 11.3. The van der Waals surface area contributed by atoms with Crippen LogP contribution in [0.3, 0.4) is 0 Å². The second-order valence-corrected chi connectivity index (χ2v) is 12.0. The molecular formula is C28H36O5. The number of hydrogen-bond donors (Lipinski definition) is 1. The van der Waals surface area contributed by atoms with E-state index in [1.54, 1.807) is 12.3 Å². The van der Waals surface area contributed by atoms with E-state index >= 15 is 0 Å². The molecule has 33 heavy (non-hydrogen) atoms. The first-order chi connectivity index (χ1) is 15.4. The molecule has 0 radical (unpaired) electrons. The van der Waals surface area contributed by atoms with Crippen molar-refractivity contribution in [3.05, 3.63) is 48.0 Å². The lowest BCUT2D eigenvalue weighted by Gasteiger charge is -2.67. The van der Waals surface area contributed by atoms with Gasteiger partial charge in [0.2, 0.25) is 0 Å². The maximum atomic E-state index is 13.0. The van der Waals surface area contributed by atoms with E-state index in [1.807, 2.05) is 20.1 Å². The summed E-state index contributed by atoms with van der Waals surface area (Å²) >= 11 is 0. The number of fused-ring (bicyclic) bond motifs is 5. The van der Waals surface area contributed by atoms with Crippen molar-refractivity contribution < 1.29 is 23.8 Å². The van der Waals surface area contributed by atoms with Crippen LogP contribution in [0.4, 0.5) is 0 Å². The van der Waals surface area contributed by atoms with Gasteiger partial charge in [0.1, 0.15) is 12.2 Å². The molecule has 0 amide bonds. The molecule has 178 valence electrons. The number of esters is 1. The smallest absolute Gasteiger partial charge is 0.303 e. The van der Waals surface area contributed by atoms with Crippen molar-refractivity contribution in [1.29, 1.82) is 0 Å². The standard InChI is InChI=1S/C28H36O5/c1-16(29)33-22-23-25(2,3)21(30)10-13-27(23,5)20-9-12-26(4)18(17-11-14-32-15-17)7-8-19(26)28(20,6)24(22)31/h8,10-11,13-15,18,20,22-24,31H,7,9,12H2,1-6H3/t18-,20+,22+,23-,24+,26-,27+,28-/m0/s1. The van der Waals surface area contributed by atoms with Gasteiger partial charge in [-0.1, -0.05) is 52.3 Å². The summed E-state index contributed by atoms with van der Waals surface area (Å²) in [5.74, 6) is -0.262. The van der Waals surface area contributed by atoms with E-state index in [0.717, 1.165) is 19.3 Å². The molecule has 0 aromatic carbocycles. The number of carbonyl (C=O) groups excluding carboxylic acids is 2. The van der Waals surface area contributed by atoms with Gasteiger partial charge in [0, 0.05) is 23.7 Å². The number of ether oxygens (including phenoxy) is 1. The number of ketones is 1. The highest BCUT2D eigenvalue weighted by molar-refractivity contribution is 5.96. The Bertz CT molecular complexity index is 1050. The van der Waals surface area contributed by atoms with Crippen LogP contribution < -0.4 is 0 Å². The first-order valence-electron chi connectivity index (χ1n) is 12.2. The maximum absolute atomic E-state index is 13.0. The van der Waals surface area contributed by atoms with Gasteiger partial charge in [0.25, 0.3) is 0 Å². The van der Waals surface area contributed by atoms with Gasteiger partial charge in [-0.3, -0.25) is 9.59 Å². The van der Waals surface area contributed by atoms with Gasteiger partial charge in [0.15, 0.2) is 5.78 Å². The summed E-state index contributed by atoms with van der Waals surface area (Å²) in [5.41, 5.74) is 0.657. The predicted octanol–water partition coefficient (Wildman–Crippen LogP) is 5.21. The van der Waals surface area contributed by atoms with E-state index in [1.165, 1.54) is 18.1 Å². The van der Waals surface area contributed by atoms with Crippen LogP contribution in [-0.2, 0) is 14.3 Å². The maximum Gasteiger partial charge on any atom is 0.303 e. The summed E-state index contributed by atoms with van der Waals surface area (Å²) in [5, 5.41) is 12.1. The van der Waals surface area contributed by atoms with Crippen LogP contribution in [0.25, 0.3) is 0 Å². The number of rotatable bonds is 2. The van der Waals surface area contributed by atoms with Gasteiger partial charge in [-0.25, -0.2) is 0 Å². The van der Waals surface area contributed by atoms with Crippen LogP contribution in [0.1, 0.15) is 72.3 Å². The summed E-state index contributed by atoms with van der Waals surface area (Å²) in [6.45, 7) is 11.9. The molecule has 1 N–H and O–H groups in total. The molecule has 1 aromatic heterocycles. The molecule has 5 heteroatoms. The Morgan fingerprint density at radius 2 is 1.94 bits per heavy atom. The molecule has 1 aromatic rings. The first-order valence-corrected chi connectivity index (χ1v) is 12.2. The Morgan fingerprint density at radius 3 is 2.58 bits per heavy atom. The fraction of sp³-hybridized carbons (Fsp3) is 0.643. The fourth-order valence-corrected chi connectivity index (χ4v) is 8.74. The quantitative estimate of drug-likeness (QED) is 0.492. The molecule has 2 fully saturated rings. The van der Waals surface area contributed by atoms with Gasteiger partial charge in [-0.15, -0.1) is 0 Å². The zero-order chi connectivity index (χ0) is 24.0. The van der Waals surface area contributed by atoms with Crippen molar-refractivity contribution in [3.63, 3.8) is 0 Å². The van der Waals surface area contributed by atoms with E-state index in [-0.39, 0.29) is 28.4 Å². The Kier molecular flexibility index (Phi) is 4.76. The normalized spacial score (nSPS) is 45.6. The molecule has 5 nitrogen and oxygen atoms in total. The van der Waals surface area contributed by atoms with Gasteiger partial charge >= 0.3 is 5.97 Å². The van der Waals surface area contributed by atoms with Crippen LogP contribution >= 0.6 is 0 Å². The van der Waals surface area contributed by atoms with Crippen LogP contribution in [0.15, 0.2) is 46.8 Å². The monoisotopic (exact) mass is 452 g/mol. The molecule has 2 saturated carbocycles. The molecule has 5 rings (SSSR count). The summed E-state index contributed by atoms with van der Waals surface area (Å²) in [7, 11) is 0. The zero-order valence-corrected chi connectivity index (χ0v) is 20.6. The SMILES string of the molecule is CC(=O)O[C@H]1[C@@H](O)[C@@]2(C)C3=CC[C@@H](c4ccoc4)[C@]3(C)CC[C@@H]2[C@@]2(C)C=CC(=O)C(C)(C)[C@H]12.